The van der Waals surface area contributed by atoms with E-state index >= 15 is 0 Å². The van der Waals surface area contributed by atoms with E-state index in [1.54, 1.807) is 18.2 Å². The zero-order valence-electron chi connectivity index (χ0n) is 15.1. The maximum absolute atomic E-state index is 12.8. The molecule has 0 saturated heterocycles. The summed E-state index contributed by atoms with van der Waals surface area (Å²) in [5.41, 5.74) is 0.656. The minimum Gasteiger partial charge on any atom is -0.486 e. The van der Waals surface area contributed by atoms with Crippen molar-refractivity contribution in [1.82, 2.24) is 0 Å². The highest BCUT2D eigenvalue weighted by atomic mass is 35.5. The second-order valence-electron chi connectivity index (χ2n) is 6.21. The Balaban J connectivity index is 1.86. The van der Waals surface area contributed by atoms with E-state index in [4.69, 9.17) is 32.7 Å². The lowest BCUT2D eigenvalue weighted by Crippen LogP contribution is -2.45. The van der Waals surface area contributed by atoms with Crippen LogP contribution in [-0.2, 0) is 14.8 Å². The number of hydrogen-bond acceptors (Lipinski definition) is 5. The number of ether oxygens (including phenoxy) is 2. The molecule has 1 N–H and O–H groups in total. The van der Waals surface area contributed by atoms with E-state index in [-0.39, 0.29) is 15.7 Å². The van der Waals surface area contributed by atoms with Crippen LogP contribution in [0.4, 0.5) is 11.4 Å². The summed E-state index contributed by atoms with van der Waals surface area (Å²) in [6.07, 6.45) is 1.01. The molecule has 3 rings (SSSR count). The molecule has 0 aromatic heterocycles. The average molecular weight is 445 g/mol. The molecule has 1 aliphatic rings. The highest BCUT2D eigenvalue weighted by Gasteiger charge is 2.30. The first-order chi connectivity index (χ1) is 13.1. The molecule has 1 amide bonds. The summed E-state index contributed by atoms with van der Waals surface area (Å²) in [5, 5.41) is 3.22. The third-order valence-corrected chi connectivity index (χ3v) is 5.68. The molecular formula is C18H18Cl2N2O5S. The standard InChI is InChI=1S/C18H18Cl2N2O5S/c1-11(22(28(2,24)25)15-8-12(19)7-13(20)9-15)18(23)21-14-3-4-16-17(10-14)27-6-5-26-16/h3-4,7-11H,5-6H2,1-2H3,(H,21,23). The Hall–Kier alpha value is -2.16. The van der Waals surface area contributed by atoms with Crippen molar-refractivity contribution in [3.63, 3.8) is 0 Å². The van der Waals surface area contributed by atoms with Crippen molar-refractivity contribution >= 4 is 50.5 Å². The van der Waals surface area contributed by atoms with Crippen LogP contribution in [-0.4, -0.2) is 39.8 Å². The molecule has 0 bridgehead atoms. The van der Waals surface area contributed by atoms with E-state index in [0.29, 0.717) is 30.4 Å². The van der Waals surface area contributed by atoms with E-state index in [1.165, 1.54) is 25.1 Å². The second-order valence-corrected chi connectivity index (χ2v) is 8.94. The van der Waals surface area contributed by atoms with Gasteiger partial charge >= 0.3 is 0 Å². The lowest BCUT2D eigenvalue weighted by molar-refractivity contribution is -0.116. The Morgan fingerprint density at radius 3 is 2.29 bits per heavy atom. The van der Waals surface area contributed by atoms with Crippen molar-refractivity contribution in [2.45, 2.75) is 13.0 Å². The van der Waals surface area contributed by atoms with Crippen molar-refractivity contribution in [2.24, 2.45) is 0 Å². The van der Waals surface area contributed by atoms with Crippen molar-refractivity contribution in [1.29, 1.82) is 0 Å². The zero-order valence-corrected chi connectivity index (χ0v) is 17.4. The number of carbonyl (C=O) groups excluding carboxylic acids is 1. The minimum atomic E-state index is -3.79. The van der Waals surface area contributed by atoms with Gasteiger partial charge in [-0.15, -0.1) is 0 Å². The van der Waals surface area contributed by atoms with E-state index in [2.05, 4.69) is 5.32 Å². The molecule has 1 atom stereocenters. The molecule has 0 saturated carbocycles. The van der Waals surface area contributed by atoms with Gasteiger partial charge in [-0.1, -0.05) is 23.2 Å². The van der Waals surface area contributed by atoms with Gasteiger partial charge in [0.15, 0.2) is 11.5 Å². The number of sulfonamides is 1. The molecule has 7 nitrogen and oxygen atoms in total. The lowest BCUT2D eigenvalue weighted by atomic mass is 10.2. The largest absolute Gasteiger partial charge is 0.486 e. The topological polar surface area (TPSA) is 84.9 Å². The summed E-state index contributed by atoms with van der Waals surface area (Å²) in [5.74, 6) is 0.570. The maximum Gasteiger partial charge on any atom is 0.247 e. The molecule has 0 fully saturated rings. The van der Waals surface area contributed by atoms with Crippen LogP contribution in [0.3, 0.4) is 0 Å². The van der Waals surface area contributed by atoms with Crippen LogP contribution in [0.5, 0.6) is 11.5 Å². The van der Waals surface area contributed by atoms with Crippen LogP contribution >= 0.6 is 23.2 Å². The highest BCUT2D eigenvalue weighted by Crippen LogP contribution is 2.33. The number of halogens is 2. The van der Waals surface area contributed by atoms with Crippen LogP contribution < -0.4 is 19.1 Å². The van der Waals surface area contributed by atoms with Gasteiger partial charge < -0.3 is 14.8 Å². The second kappa shape index (κ2) is 8.06. The number of carbonyl (C=O) groups is 1. The first kappa shape index (κ1) is 20.6. The zero-order chi connectivity index (χ0) is 20.5. The molecule has 150 valence electrons. The monoisotopic (exact) mass is 444 g/mol. The summed E-state index contributed by atoms with van der Waals surface area (Å²) in [6, 6.07) is 8.24. The molecule has 28 heavy (non-hydrogen) atoms. The molecule has 0 radical (unpaired) electrons. The van der Waals surface area contributed by atoms with Crippen molar-refractivity contribution in [2.75, 3.05) is 29.1 Å². The van der Waals surface area contributed by atoms with Gasteiger partial charge in [0.1, 0.15) is 19.3 Å². The smallest absolute Gasteiger partial charge is 0.247 e. The molecule has 1 heterocycles. The molecule has 10 heteroatoms. The highest BCUT2D eigenvalue weighted by molar-refractivity contribution is 7.92. The van der Waals surface area contributed by atoms with Gasteiger partial charge in [-0.3, -0.25) is 9.10 Å². The van der Waals surface area contributed by atoms with Gasteiger partial charge in [0.2, 0.25) is 15.9 Å². The molecular weight excluding hydrogens is 427 g/mol. The van der Waals surface area contributed by atoms with Crippen LogP contribution in [0.2, 0.25) is 10.0 Å². The first-order valence-corrected chi connectivity index (χ1v) is 10.9. The number of fused-ring (bicyclic) bond motifs is 1. The minimum absolute atomic E-state index is 0.199. The molecule has 2 aromatic carbocycles. The number of hydrogen-bond donors (Lipinski definition) is 1. The van der Waals surface area contributed by atoms with Gasteiger partial charge in [0.05, 0.1) is 11.9 Å². The SMILES string of the molecule is CC(C(=O)Nc1ccc2c(c1)OCCO2)N(c1cc(Cl)cc(Cl)c1)S(C)(=O)=O. The van der Waals surface area contributed by atoms with Crippen LogP contribution in [0.25, 0.3) is 0 Å². The fraction of sp³-hybridized carbons (Fsp3) is 0.278. The maximum atomic E-state index is 12.8. The predicted molar refractivity (Wildman–Crippen MR) is 109 cm³/mol. The first-order valence-electron chi connectivity index (χ1n) is 8.31. The van der Waals surface area contributed by atoms with Crippen LogP contribution in [0, 0.1) is 0 Å². The summed E-state index contributed by atoms with van der Waals surface area (Å²) in [6.45, 7) is 2.35. The number of rotatable bonds is 5. The lowest BCUT2D eigenvalue weighted by Gasteiger charge is -2.28. The summed E-state index contributed by atoms with van der Waals surface area (Å²) in [4.78, 5) is 12.8. The summed E-state index contributed by atoms with van der Waals surface area (Å²) in [7, 11) is -3.79. The van der Waals surface area contributed by atoms with E-state index in [1.807, 2.05) is 0 Å². The Labute approximate surface area is 173 Å². The number of amides is 1. The van der Waals surface area contributed by atoms with Crippen molar-refractivity contribution in [3.05, 3.63) is 46.4 Å². The Morgan fingerprint density at radius 2 is 1.68 bits per heavy atom. The molecule has 0 spiro atoms. The fourth-order valence-corrected chi connectivity index (χ4v) is 4.52. The number of nitrogens with one attached hydrogen (secondary N) is 1. The average Bonchev–Trinajstić information content (AvgIpc) is 2.59. The van der Waals surface area contributed by atoms with Crippen molar-refractivity contribution in [3.8, 4) is 11.5 Å². The third-order valence-electron chi connectivity index (χ3n) is 4.00. The fourth-order valence-electron chi connectivity index (χ4n) is 2.84. The Morgan fingerprint density at radius 1 is 1.07 bits per heavy atom. The Bertz CT molecular complexity index is 993. The van der Waals surface area contributed by atoms with Gasteiger partial charge in [0, 0.05) is 21.8 Å². The molecule has 1 unspecified atom stereocenters. The molecule has 2 aromatic rings. The van der Waals surface area contributed by atoms with Crippen LogP contribution in [0.1, 0.15) is 6.92 Å². The van der Waals surface area contributed by atoms with E-state index < -0.39 is 22.0 Å². The number of anilines is 2. The predicted octanol–water partition coefficient (Wildman–Crippen LogP) is 3.56. The Kier molecular flexibility index (Phi) is 5.92. The van der Waals surface area contributed by atoms with Crippen molar-refractivity contribution < 1.29 is 22.7 Å². The summed E-state index contributed by atoms with van der Waals surface area (Å²) >= 11 is 12.0. The molecule has 1 aliphatic heterocycles. The normalized spacial score (nSPS) is 14.3. The number of nitrogens with zero attached hydrogens (tertiary/aromatic N) is 1. The molecule has 0 aliphatic carbocycles. The van der Waals surface area contributed by atoms with Gasteiger partial charge in [-0.2, -0.15) is 0 Å². The summed E-state index contributed by atoms with van der Waals surface area (Å²) < 4.78 is 36.6. The van der Waals surface area contributed by atoms with Gasteiger partial charge in [0.25, 0.3) is 0 Å². The van der Waals surface area contributed by atoms with E-state index in [9.17, 15) is 13.2 Å². The van der Waals surface area contributed by atoms with Gasteiger partial charge in [-0.25, -0.2) is 8.42 Å². The van der Waals surface area contributed by atoms with Crippen LogP contribution in [0.15, 0.2) is 36.4 Å². The number of benzene rings is 2. The van der Waals surface area contributed by atoms with Gasteiger partial charge in [-0.05, 0) is 37.3 Å². The van der Waals surface area contributed by atoms with E-state index in [0.717, 1.165) is 10.6 Å². The quantitative estimate of drug-likeness (QED) is 0.761. The third kappa shape index (κ3) is 4.63.